The van der Waals surface area contributed by atoms with Crippen molar-refractivity contribution in [3.8, 4) is 5.75 Å². The summed E-state index contributed by atoms with van der Waals surface area (Å²) in [4.78, 5) is 26.5. The van der Waals surface area contributed by atoms with Gasteiger partial charge in [0.2, 0.25) is 0 Å². The Morgan fingerprint density at radius 1 is 1.00 bits per heavy atom. The third-order valence-corrected chi connectivity index (χ3v) is 5.91. The number of nitrogens with zero attached hydrogens (tertiary/aromatic N) is 1. The Hall–Kier alpha value is -2.82. The van der Waals surface area contributed by atoms with E-state index in [2.05, 4.69) is 11.8 Å². The standard InChI is InChI=1S/C24H29NO4/c1-2-25(15-14-17-8-4-3-5-9-17)18-12-13-21(22(26)16-18)23(27)19-10-6-7-11-20(19)24(28)29/h6-7,10-13,16-17,26H,2-5,8-9,14-15H2,1H3,(H,28,29). The van der Waals surface area contributed by atoms with Crippen LogP contribution in [0.15, 0.2) is 42.5 Å². The van der Waals surface area contributed by atoms with E-state index in [1.165, 1.54) is 44.2 Å². The Morgan fingerprint density at radius 2 is 1.69 bits per heavy atom. The van der Waals surface area contributed by atoms with Gasteiger partial charge in [-0.3, -0.25) is 4.79 Å². The predicted molar refractivity (Wildman–Crippen MR) is 114 cm³/mol. The maximum absolute atomic E-state index is 12.8. The van der Waals surface area contributed by atoms with Gasteiger partial charge < -0.3 is 15.1 Å². The van der Waals surface area contributed by atoms with Crippen LogP contribution < -0.4 is 4.90 Å². The molecule has 0 heterocycles. The molecule has 0 bridgehead atoms. The first-order valence-electron chi connectivity index (χ1n) is 10.5. The zero-order chi connectivity index (χ0) is 20.8. The second-order valence-corrected chi connectivity index (χ2v) is 7.75. The molecule has 2 aromatic rings. The van der Waals surface area contributed by atoms with Crippen molar-refractivity contribution in [3.63, 3.8) is 0 Å². The average molecular weight is 395 g/mol. The zero-order valence-corrected chi connectivity index (χ0v) is 16.9. The summed E-state index contributed by atoms with van der Waals surface area (Å²) in [6.07, 6.45) is 7.75. The van der Waals surface area contributed by atoms with E-state index in [4.69, 9.17) is 0 Å². The van der Waals surface area contributed by atoms with Crippen molar-refractivity contribution < 1.29 is 19.8 Å². The molecule has 1 aliphatic rings. The molecule has 0 radical (unpaired) electrons. The van der Waals surface area contributed by atoms with Crippen LogP contribution in [0, 0.1) is 5.92 Å². The molecule has 0 unspecified atom stereocenters. The molecule has 0 amide bonds. The topological polar surface area (TPSA) is 77.8 Å². The number of aromatic carboxylic acids is 1. The number of aromatic hydroxyl groups is 1. The lowest BCUT2D eigenvalue weighted by molar-refractivity contribution is 0.0692. The normalized spacial score (nSPS) is 14.5. The Bertz CT molecular complexity index is 871. The Morgan fingerprint density at radius 3 is 2.31 bits per heavy atom. The van der Waals surface area contributed by atoms with E-state index in [1.54, 1.807) is 24.3 Å². The smallest absolute Gasteiger partial charge is 0.336 e. The number of carboxylic acids is 1. The lowest BCUT2D eigenvalue weighted by Crippen LogP contribution is -2.26. The van der Waals surface area contributed by atoms with Crippen molar-refractivity contribution in [3.05, 3.63) is 59.2 Å². The number of phenols is 1. The van der Waals surface area contributed by atoms with Gasteiger partial charge >= 0.3 is 5.97 Å². The molecule has 1 saturated carbocycles. The first kappa shape index (κ1) is 20.9. The number of rotatable bonds is 8. The van der Waals surface area contributed by atoms with Gasteiger partial charge in [0.15, 0.2) is 5.78 Å². The summed E-state index contributed by atoms with van der Waals surface area (Å²) in [5, 5.41) is 19.8. The maximum atomic E-state index is 12.8. The number of phenolic OH excluding ortho intramolecular Hbond substituents is 1. The Labute approximate surface area is 172 Å². The quantitative estimate of drug-likeness (QED) is 0.607. The molecular weight excluding hydrogens is 366 g/mol. The molecule has 1 aliphatic carbocycles. The van der Waals surface area contributed by atoms with Crippen LogP contribution in [0.1, 0.15) is 71.7 Å². The predicted octanol–water partition coefficient (Wildman–Crippen LogP) is 5.12. The molecule has 29 heavy (non-hydrogen) atoms. The van der Waals surface area contributed by atoms with Gasteiger partial charge in [-0.15, -0.1) is 0 Å². The highest BCUT2D eigenvalue weighted by Crippen LogP contribution is 2.30. The van der Waals surface area contributed by atoms with E-state index < -0.39 is 11.8 Å². The Kier molecular flexibility index (Phi) is 6.91. The number of ketones is 1. The van der Waals surface area contributed by atoms with Gasteiger partial charge in [0.25, 0.3) is 0 Å². The highest BCUT2D eigenvalue weighted by atomic mass is 16.4. The molecule has 0 atom stereocenters. The second-order valence-electron chi connectivity index (χ2n) is 7.75. The number of carboxylic acid groups (broad SMARTS) is 1. The molecule has 3 rings (SSSR count). The van der Waals surface area contributed by atoms with Crippen LogP contribution in [0.25, 0.3) is 0 Å². The van der Waals surface area contributed by atoms with Gasteiger partial charge in [0, 0.05) is 30.4 Å². The minimum absolute atomic E-state index is 0.0661. The molecule has 0 saturated heterocycles. The molecule has 0 aromatic heterocycles. The van der Waals surface area contributed by atoms with Crippen molar-refractivity contribution in [2.24, 2.45) is 5.92 Å². The largest absolute Gasteiger partial charge is 0.507 e. The molecule has 5 heteroatoms. The van der Waals surface area contributed by atoms with Gasteiger partial charge in [-0.05, 0) is 37.5 Å². The van der Waals surface area contributed by atoms with Crippen molar-refractivity contribution in [1.29, 1.82) is 0 Å². The van der Waals surface area contributed by atoms with E-state index in [0.29, 0.717) is 0 Å². The first-order chi connectivity index (χ1) is 14.0. The molecule has 2 aromatic carbocycles. The summed E-state index contributed by atoms with van der Waals surface area (Å²) in [6, 6.07) is 11.1. The van der Waals surface area contributed by atoms with Crippen LogP contribution >= 0.6 is 0 Å². The average Bonchev–Trinajstić information content (AvgIpc) is 2.74. The fourth-order valence-corrected chi connectivity index (χ4v) is 4.21. The lowest BCUT2D eigenvalue weighted by Gasteiger charge is -2.28. The summed E-state index contributed by atoms with van der Waals surface area (Å²) in [5.74, 6) is -0.995. The van der Waals surface area contributed by atoms with Gasteiger partial charge in [0.1, 0.15) is 5.75 Å². The zero-order valence-electron chi connectivity index (χ0n) is 16.9. The van der Waals surface area contributed by atoms with Gasteiger partial charge in [-0.25, -0.2) is 4.79 Å². The van der Waals surface area contributed by atoms with Gasteiger partial charge in [0.05, 0.1) is 11.1 Å². The minimum atomic E-state index is -1.16. The number of hydrogen-bond donors (Lipinski definition) is 2. The highest BCUT2D eigenvalue weighted by Gasteiger charge is 2.21. The van der Waals surface area contributed by atoms with Crippen LogP contribution in [0.4, 0.5) is 5.69 Å². The number of hydrogen-bond acceptors (Lipinski definition) is 4. The fourth-order valence-electron chi connectivity index (χ4n) is 4.21. The number of carbonyl (C=O) groups is 2. The van der Waals surface area contributed by atoms with Crippen LogP contribution in [0.2, 0.25) is 0 Å². The lowest BCUT2D eigenvalue weighted by atomic mass is 9.87. The number of carbonyl (C=O) groups excluding carboxylic acids is 1. The fraction of sp³-hybridized carbons (Fsp3) is 0.417. The van der Waals surface area contributed by atoms with E-state index in [-0.39, 0.29) is 22.4 Å². The third-order valence-electron chi connectivity index (χ3n) is 5.91. The highest BCUT2D eigenvalue weighted by molar-refractivity contribution is 6.15. The number of anilines is 1. The van der Waals surface area contributed by atoms with Crippen molar-refractivity contribution >= 4 is 17.4 Å². The third kappa shape index (κ3) is 4.97. The van der Waals surface area contributed by atoms with E-state index in [9.17, 15) is 19.8 Å². The SMILES string of the molecule is CCN(CCC1CCCCC1)c1ccc(C(=O)c2ccccc2C(=O)O)c(O)c1. The monoisotopic (exact) mass is 395 g/mol. The summed E-state index contributed by atoms with van der Waals surface area (Å²) >= 11 is 0. The van der Waals surface area contributed by atoms with E-state index in [1.807, 2.05) is 6.07 Å². The molecule has 0 aliphatic heterocycles. The number of benzene rings is 2. The Balaban J connectivity index is 1.76. The minimum Gasteiger partial charge on any atom is -0.507 e. The summed E-state index contributed by atoms with van der Waals surface area (Å²) in [6.45, 7) is 3.83. The van der Waals surface area contributed by atoms with Crippen molar-refractivity contribution in [1.82, 2.24) is 0 Å². The molecule has 2 N–H and O–H groups in total. The van der Waals surface area contributed by atoms with Crippen molar-refractivity contribution in [2.45, 2.75) is 45.4 Å². The summed E-state index contributed by atoms with van der Waals surface area (Å²) < 4.78 is 0. The van der Waals surface area contributed by atoms with E-state index in [0.717, 1.165) is 31.1 Å². The summed E-state index contributed by atoms with van der Waals surface area (Å²) in [5.41, 5.74) is 1.01. The van der Waals surface area contributed by atoms with E-state index >= 15 is 0 Å². The van der Waals surface area contributed by atoms with Crippen LogP contribution in [-0.2, 0) is 0 Å². The molecule has 0 spiro atoms. The van der Waals surface area contributed by atoms with Crippen LogP contribution in [0.5, 0.6) is 5.75 Å². The van der Waals surface area contributed by atoms with Gasteiger partial charge in [-0.1, -0.05) is 50.3 Å². The van der Waals surface area contributed by atoms with Crippen LogP contribution in [-0.4, -0.2) is 35.1 Å². The second kappa shape index (κ2) is 9.59. The molecular formula is C24H29NO4. The van der Waals surface area contributed by atoms with Crippen molar-refractivity contribution in [2.75, 3.05) is 18.0 Å². The molecule has 5 nitrogen and oxygen atoms in total. The van der Waals surface area contributed by atoms with Crippen LogP contribution in [0.3, 0.4) is 0 Å². The summed E-state index contributed by atoms with van der Waals surface area (Å²) in [7, 11) is 0. The first-order valence-corrected chi connectivity index (χ1v) is 10.5. The molecule has 1 fully saturated rings. The molecule has 154 valence electrons. The maximum Gasteiger partial charge on any atom is 0.336 e. The van der Waals surface area contributed by atoms with Gasteiger partial charge in [-0.2, -0.15) is 0 Å².